The number of halogens is 1. The molecule has 8 heteroatoms. The monoisotopic (exact) mass is 473 g/mol. The van der Waals surface area contributed by atoms with Crippen molar-refractivity contribution in [3.8, 4) is 17.1 Å². The lowest BCUT2D eigenvalue weighted by atomic mass is 10.2. The zero-order chi connectivity index (χ0) is 23.8. The van der Waals surface area contributed by atoms with Gasteiger partial charge in [0.2, 0.25) is 0 Å². The average Bonchev–Trinajstić information content (AvgIpc) is 3.33. The number of anilines is 1. The number of carbonyl (C=O) groups excluding carboxylic acids is 2. The van der Waals surface area contributed by atoms with Crippen LogP contribution in [0.5, 0.6) is 5.75 Å². The van der Waals surface area contributed by atoms with E-state index in [4.69, 9.17) is 20.8 Å². The summed E-state index contributed by atoms with van der Waals surface area (Å²) in [7, 11) is 0. The largest absolute Gasteiger partial charge is 0.489 e. The van der Waals surface area contributed by atoms with Crippen LogP contribution in [-0.2, 0) is 16.2 Å². The molecule has 0 saturated heterocycles. The number of amides is 2. The molecule has 1 aromatic heterocycles. The van der Waals surface area contributed by atoms with Crippen molar-refractivity contribution in [3.05, 3.63) is 107 Å². The third-order valence-corrected chi connectivity index (χ3v) is 4.90. The quantitative estimate of drug-likeness (QED) is 0.217. The lowest BCUT2D eigenvalue weighted by Gasteiger charge is -2.08. The number of hydrazone groups is 1. The zero-order valence-corrected chi connectivity index (χ0v) is 18.7. The van der Waals surface area contributed by atoms with Gasteiger partial charge in [0.1, 0.15) is 23.9 Å². The van der Waals surface area contributed by atoms with Gasteiger partial charge in [-0.15, -0.1) is 0 Å². The van der Waals surface area contributed by atoms with Crippen LogP contribution in [0.1, 0.15) is 11.3 Å². The molecular formula is C26H20ClN3O4. The number of furan rings is 1. The number of carbonyl (C=O) groups is 2. The smallest absolute Gasteiger partial charge is 0.329 e. The third kappa shape index (κ3) is 6.34. The molecular weight excluding hydrogens is 454 g/mol. The van der Waals surface area contributed by atoms with E-state index in [1.165, 1.54) is 6.21 Å². The molecule has 4 aromatic rings. The van der Waals surface area contributed by atoms with Crippen LogP contribution in [0.2, 0.25) is 5.02 Å². The molecule has 170 valence electrons. The highest BCUT2D eigenvalue weighted by molar-refractivity contribution is 6.39. The Morgan fingerprint density at radius 2 is 1.71 bits per heavy atom. The summed E-state index contributed by atoms with van der Waals surface area (Å²) in [5.41, 5.74) is 4.48. The molecule has 7 nitrogen and oxygen atoms in total. The Morgan fingerprint density at radius 3 is 2.47 bits per heavy atom. The van der Waals surface area contributed by atoms with Crippen molar-refractivity contribution < 1.29 is 18.7 Å². The van der Waals surface area contributed by atoms with Gasteiger partial charge in [-0.05, 0) is 54.1 Å². The highest BCUT2D eigenvalue weighted by Crippen LogP contribution is 2.24. The van der Waals surface area contributed by atoms with Crippen LogP contribution in [-0.4, -0.2) is 18.0 Å². The average molecular weight is 474 g/mol. The molecule has 0 radical (unpaired) electrons. The number of nitrogens with zero attached hydrogens (tertiary/aromatic N) is 1. The van der Waals surface area contributed by atoms with Gasteiger partial charge in [0.25, 0.3) is 0 Å². The Bertz CT molecular complexity index is 1300. The van der Waals surface area contributed by atoms with Crippen molar-refractivity contribution in [2.45, 2.75) is 6.61 Å². The Labute approximate surface area is 201 Å². The Balaban J connectivity index is 1.25. The van der Waals surface area contributed by atoms with Crippen LogP contribution in [0.4, 0.5) is 5.69 Å². The predicted octanol–water partition coefficient (Wildman–Crippen LogP) is 5.27. The second-order valence-electron chi connectivity index (χ2n) is 7.16. The maximum Gasteiger partial charge on any atom is 0.329 e. The third-order valence-electron chi connectivity index (χ3n) is 4.66. The molecule has 2 N–H and O–H groups in total. The van der Waals surface area contributed by atoms with E-state index in [2.05, 4.69) is 15.8 Å². The first-order chi connectivity index (χ1) is 16.6. The van der Waals surface area contributed by atoms with Gasteiger partial charge >= 0.3 is 11.8 Å². The molecule has 0 fully saturated rings. The number of hydrogen-bond donors (Lipinski definition) is 2. The fourth-order valence-electron chi connectivity index (χ4n) is 2.99. The summed E-state index contributed by atoms with van der Waals surface area (Å²) in [6, 6.07) is 27.2. The molecule has 1 heterocycles. The highest BCUT2D eigenvalue weighted by Gasteiger charge is 2.13. The van der Waals surface area contributed by atoms with Crippen LogP contribution in [0, 0.1) is 0 Å². The highest BCUT2D eigenvalue weighted by atomic mass is 35.5. The maximum atomic E-state index is 12.1. The van der Waals surface area contributed by atoms with E-state index >= 15 is 0 Å². The Hall–Kier alpha value is -4.36. The minimum atomic E-state index is -0.915. The molecule has 3 aromatic carbocycles. The zero-order valence-electron chi connectivity index (χ0n) is 17.9. The molecule has 0 saturated carbocycles. The van der Waals surface area contributed by atoms with Crippen molar-refractivity contribution >= 4 is 35.3 Å². The molecule has 0 bridgehead atoms. The molecule has 34 heavy (non-hydrogen) atoms. The van der Waals surface area contributed by atoms with E-state index in [0.29, 0.717) is 34.6 Å². The summed E-state index contributed by atoms with van der Waals surface area (Å²) in [4.78, 5) is 24.1. The molecule has 4 rings (SSSR count). The summed E-state index contributed by atoms with van der Waals surface area (Å²) in [6.45, 7) is 0.434. The second kappa shape index (κ2) is 11.0. The van der Waals surface area contributed by atoms with E-state index in [1.54, 1.807) is 48.5 Å². The van der Waals surface area contributed by atoms with Crippen molar-refractivity contribution in [1.82, 2.24) is 5.43 Å². The fraction of sp³-hybridized carbons (Fsp3) is 0.0385. The van der Waals surface area contributed by atoms with Crippen LogP contribution in [0.25, 0.3) is 11.3 Å². The Morgan fingerprint density at radius 1 is 0.912 bits per heavy atom. The fourth-order valence-corrected chi connectivity index (χ4v) is 3.18. The summed E-state index contributed by atoms with van der Waals surface area (Å²) in [5, 5.41) is 6.87. The lowest BCUT2D eigenvalue weighted by molar-refractivity contribution is -0.136. The van der Waals surface area contributed by atoms with Crippen LogP contribution in [0.15, 0.2) is 101 Å². The summed E-state index contributed by atoms with van der Waals surface area (Å²) in [6.07, 6.45) is 1.30. The molecule has 0 atom stereocenters. The van der Waals surface area contributed by atoms with Gasteiger partial charge < -0.3 is 14.5 Å². The summed E-state index contributed by atoms with van der Waals surface area (Å²) >= 11 is 5.99. The number of rotatable bonds is 7. The molecule has 0 aliphatic carbocycles. The number of nitrogens with one attached hydrogen (secondary N) is 2. The van der Waals surface area contributed by atoms with E-state index < -0.39 is 11.8 Å². The molecule has 0 aliphatic heterocycles. The van der Waals surface area contributed by atoms with Gasteiger partial charge in [-0.25, -0.2) is 5.43 Å². The van der Waals surface area contributed by atoms with Crippen molar-refractivity contribution in [1.29, 1.82) is 0 Å². The van der Waals surface area contributed by atoms with Gasteiger partial charge in [0, 0.05) is 16.3 Å². The van der Waals surface area contributed by atoms with Crippen LogP contribution < -0.4 is 15.5 Å². The first kappa shape index (κ1) is 22.8. The Kier molecular flexibility index (Phi) is 7.37. The number of ether oxygens (including phenoxy) is 1. The molecule has 0 unspecified atom stereocenters. The predicted molar refractivity (Wildman–Crippen MR) is 131 cm³/mol. The maximum absolute atomic E-state index is 12.1. The minimum absolute atomic E-state index is 0.404. The van der Waals surface area contributed by atoms with Crippen molar-refractivity contribution in [2.24, 2.45) is 5.10 Å². The summed E-state index contributed by atoms with van der Waals surface area (Å²) in [5.74, 6) is -0.117. The van der Waals surface area contributed by atoms with Crippen molar-refractivity contribution in [3.63, 3.8) is 0 Å². The van der Waals surface area contributed by atoms with Gasteiger partial charge in [-0.2, -0.15) is 5.10 Å². The second-order valence-corrected chi connectivity index (χ2v) is 7.60. The van der Waals surface area contributed by atoms with Gasteiger partial charge in [-0.1, -0.05) is 54.1 Å². The SMILES string of the molecule is O=C(N/N=C/c1ccc(-c2cccc(Cl)c2)o1)C(=O)Nc1ccc(OCc2ccccc2)cc1. The lowest BCUT2D eigenvalue weighted by Crippen LogP contribution is -2.32. The van der Waals surface area contributed by atoms with Crippen LogP contribution >= 0.6 is 11.6 Å². The topological polar surface area (TPSA) is 92.9 Å². The van der Waals surface area contributed by atoms with E-state index in [1.807, 2.05) is 42.5 Å². The van der Waals surface area contributed by atoms with Crippen LogP contribution in [0.3, 0.4) is 0 Å². The van der Waals surface area contributed by atoms with E-state index in [0.717, 1.165) is 11.1 Å². The van der Waals surface area contributed by atoms with Crippen molar-refractivity contribution in [2.75, 3.05) is 5.32 Å². The first-order valence-corrected chi connectivity index (χ1v) is 10.7. The molecule has 0 aliphatic rings. The number of benzene rings is 3. The van der Waals surface area contributed by atoms with Gasteiger partial charge in [0.15, 0.2) is 0 Å². The summed E-state index contributed by atoms with van der Waals surface area (Å²) < 4.78 is 11.4. The first-order valence-electron chi connectivity index (χ1n) is 10.3. The standard InChI is InChI=1S/C26H20ClN3O4/c27-20-8-4-7-19(15-20)24-14-13-23(34-24)16-28-30-26(32)25(31)29-21-9-11-22(12-10-21)33-17-18-5-2-1-3-6-18/h1-16H,17H2,(H,29,31)(H,30,32)/b28-16+. The molecule has 2 amide bonds. The van der Waals surface area contributed by atoms with E-state index in [9.17, 15) is 9.59 Å². The number of hydrogen-bond acceptors (Lipinski definition) is 5. The normalized spacial score (nSPS) is 10.7. The minimum Gasteiger partial charge on any atom is -0.489 e. The van der Waals surface area contributed by atoms with E-state index in [-0.39, 0.29) is 0 Å². The van der Waals surface area contributed by atoms with Gasteiger partial charge in [-0.3, -0.25) is 9.59 Å². The molecule has 0 spiro atoms. The van der Waals surface area contributed by atoms with Gasteiger partial charge in [0.05, 0.1) is 6.21 Å².